The fraction of sp³-hybridized carbons (Fsp3) is 0.130. The molecule has 3 aromatic rings. The van der Waals surface area contributed by atoms with Crippen LogP contribution in [0, 0.1) is 6.92 Å². The summed E-state index contributed by atoms with van der Waals surface area (Å²) in [5.74, 6) is 0. The molecule has 0 saturated heterocycles. The average molecular weight is 326 g/mol. The summed E-state index contributed by atoms with van der Waals surface area (Å²) in [7, 11) is 0. The highest BCUT2D eigenvalue weighted by Crippen LogP contribution is 2.41. The van der Waals surface area contributed by atoms with Crippen LogP contribution in [0.5, 0.6) is 0 Å². The minimum absolute atomic E-state index is 0.178. The van der Waals surface area contributed by atoms with E-state index in [0.29, 0.717) is 0 Å². The van der Waals surface area contributed by atoms with Crippen molar-refractivity contribution in [3.8, 4) is 0 Å². The lowest BCUT2D eigenvalue weighted by molar-refractivity contribution is 0.703. The molecule has 2 heteroatoms. The number of anilines is 1. The monoisotopic (exact) mass is 326 g/mol. The predicted octanol–water partition coefficient (Wildman–Crippen LogP) is 5.49. The molecule has 0 aliphatic carbocycles. The molecule has 1 aliphatic heterocycles. The molecule has 0 fully saturated rings. The smallest absolute Gasteiger partial charge is 0.0985 e. The molecule has 1 unspecified atom stereocenters. The molecule has 0 bridgehead atoms. The van der Waals surface area contributed by atoms with Crippen LogP contribution in [0.4, 0.5) is 5.69 Å². The van der Waals surface area contributed by atoms with E-state index in [-0.39, 0.29) is 6.04 Å². The van der Waals surface area contributed by atoms with Gasteiger partial charge < -0.3 is 0 Å². The fourth-order valence-corrected chi connectivity index (χ4v) is 3.57. The highest BCUT2D eigenvalue weighted by Gasteiger charge is 2.32. The second kappa shape index (κ2) is 6.48. The predicted molar refractivity (Wildman–Crippen MR) is 105 cm³/mol. The second-order valence-corrected chi connectivity index (χ2v) is 6.51. The molecule has 25 heavy (non-hydrogen) atoms. The standard InChI is InChI=1S/C23H22N2/c1-17-11-9-10-16-21(17)25-23(20-14-7-4-8-15-20)18(2)22(24-25)19-12-5-3-6-13-19/h3-16,23-24H,1-2H3. The van der Waals surface area contributed by atoms with Crippen LogP contribution in [0.3, 0.4) is 0 Å². The van der Waals surface area contributed by atoms with Gasteiger partial charge >= 0.3 is 0 Å². The van der Waals surface area contributed by atoms with Gasteiger partial charge in [0.05, 0.1) is 17.4 Å². The lowest BCUT2D eigenvalue weighted by Crippen LogP contribution is -2.34. The largest absolute Gasteiger partial charge is 0.297 e. The Morgan fingerprint density at radius 1 is 0.720 bits per heavy atom. The first-order chi connectivity index (χ1) is 12.3. The van der Waals surface area contributed by atoms with Crippen molar-refractivity contribution in [3.63, 3.8) is 0 Å². The van der Waals surface area contributed by atoms with Crippen molar-refractivity contribution in [2.75, 3.05) is 5.01 Å². The number of aryl methyl sites for hydroxylation is 1. The van der Waals surface area contributed by atoms with Crippen LogP contribution in [0.1, 0.15) is 29.7 Å². The summed E-state index contributed by atoms with van der Waals surface area (Å²) in [5, 5.41) is 2.29. The van der Waals surface area contributed by atoms with E-state index >= 15 is 0 Å². The van der Waals surface area contributed by atoms with Gasteiger partial charge in [0, 0.05) is 0 Å². The number of nitrogens with zero attached hydrogens (tertiary/aromatic N) is 1. The molecule has 4 rings (SSSR count). The minimum atomic E-state index is 0.178. The van der Waals surface area contributed by atoms with Crippen molar-refractivity contribution in [3.05, 3.63) is 107 Å². The number of para-hydroxylation sites is 1. The van der Waals surface area contributed by atoms with Gasteiger partial charge in [-0.25, -0.2) is 0 Å². The molecule has 2 nitrogen and oxygen atoms in total. The van der Waals surface area contributed by atoms with Crippen molar-refractivity contribution in [2.24, 2.45) is 0 Å². The highest BCUT2D eigenvalue weighted by molar-refractivity contribution is 5.76. The van der Waals surface area contributed by atoms with Gasteiger partial charge in [0.2, 0.25) is 0 Å². The molecular weight excluding hydrogens is 304 g/mol. The molecule has 124 valence electrons. The van der Waals surface area contributed by atoms with E-state index in [2.05, 4.69) is 109 Å². The molecule has 1 aliphatic rings. The topological polar surface area (TPSA) is 15.3 Å². The Labute approximate surface area is 149 Å². The number of nitrogens with one attached hydrogen (secondary N) is 1. The van der Waals surface area contributed by atoms with Crippen LogP contribution in [0.2, 0.25) is 0 Å². The number of hydrazine groups is 1. The van der Waals surface area contributed by atoms with Crippen molar-refractivity contribution in [1.29, 1.82) is 0 Å². The third-order valence-corrected chi connectivity index (χ3v) is 4.85. The zero-order valence-electron chi connectivity index (χ0n) is 14.6. The molecule has 0 saturated carbocycles. The summed E-state index contributed by atoms with van der Waals surface area (Å²) in [6, 6.07) is 30.0. The van der Waals surface area contributed by atoms with Crippen LogP contribution in [0.15, 0.2) is 90.5 Å². The second-order valence-electron chi connectivity index (χ2n) is 6.51. The van der Waals surface area contributed by atoms with Crippen LogP contribution in [-0.2, 0) is 0 Å². The van der Waals surface area contributed by atoms with Crippen molar-refractivity contribution in [2.45, 2.75) is 19.9 Å². The minimum Gasteiger partial charge on any atom is -0.297 e. The number of hydrogen-bond acceptors (Lipinski definition) is 2. The first-order valence-electron chi connectivity index (χ1n) is 8.68. The van der Waals surface area contributed by atoms with Gasteiger partial charge in [-0.15, -0.1) is 0 Å². The Morgan fingerprint density at radius 2 is 1.32 bits per heavy atom. The number of benzene rings is 3. The van der Waals surface area contributed by atoms with Gasteiger partial charge in [-0.2, -0.15) is 0 Å². The molecule has 0 spiro atoms. The van der Waals surface area contributed by atoms with Crippen molar-refractivity contribution >= 4 is 11.4 Å². The molecule has 1 heterocycles. The highest BCUT2D eigenvalue weighted by atomic mass is 15.5. The van der Waals surface area contributed by atoms with E-state index in [1.165, 1.54) is 33.6 Å². The van der Waals surface area contributed by atoms with Gasteiger partial charge in [-0.05, 0) is 42.2 Å². The molecule has 3 aromatic carbocycles. The van der Waals surface area contributed by atoms with E-state index in [9.17, 15) is 0 Å². The van der Waals surface area contributed by atoms with Gasteiger partial charge in [0.25, 0.3) is 0 Å². The van der Waals surface area contributed by atoms with Crippen LogP contribution < -0.4 is 10.4 Å². The Balaban J connectivity index is 1.84. The Hall–Kier alpha value is -3.00. The summed E-state index contributed by atoms with van der Waals surface area (Å²) in [4.78, 5) is 0. The van der Waals surface area contributed by atoms with Gasteiger partial charge in [0.1, 0.15) is 0 Å². The third kappa shape index (κ3) is 2.80. The number of rotatable bonds is 3. The summed E-state index contributed by atoms with van der Waals surface area (Å²) in [6.07, 6.45) is 0. The summed E-state index contributed by atoms with van der Waals surface area (Å²) in [5.41, 5.74) is 11.2. The van der Waals surface area contributed by atoms with Crippen LogP contribution in [0.25, 0.3) is 5.70 Å². The summed E-state index contributed by atoms with van der Waals surface area (Å²) >= 11 is 0. The lowest BCUT2D eigenvalue weighted by Gasteiger charge is -2.30. The maximum absolute atomic E-state index is 3.68. The molecule has 0 aromatic heterocycles. The average Bonchev–Trinajstić information content (AvgIpc) is 3.00. The normalized spacial score (nSPS) is 16.9. The Morgan fingerprint density at radius 3 is 2.00 bits per heavy atom. The van der Waals surface area contributed by atoms with E-state index in [0.717, 1.165) is 0 Å². The molecule has 1 N–H and O–H groups in total. The van der Waals surface area contributed by atoms with E-state index in [1.54, 1.807) is 0 Å². The van der Waals surface area contributed by atoms with E-state index in [4.69, 9.17) is 0 Å². The quantitative estimate of drug-likeness (QED) is 0.684. The van der Waals surface area contributed by atoms with E-state index in [1.807, 2.05) is 0 Å². The van der Waals surface area contributed by atoms with Crippen LogP contribution in [-0.4, -0.2) is 0 Å². The van der Waals surface area contributed by atoms with Gasteiger partial charge in [-0.3, -0.25) is 10.4 Å². The molecule has 0 radical (unpaired) electrons. The lowest BCUT2D eigenvalue weighted by atomic mass is 9.97. The zero-order valence-corrected chi connectivity index (χ0v) is 14.6. The first-order valence-corrected chi connectivity index (χ1v) is 8.68. The van der Waals surface area contributed by atoms with Crippen molar-refractivity contribution in [1.82, 2.24) is 5.43 Å². The zero-order chi connectivity index (χ0) is 17.2. The Bertz CT molecular complexity index is 898. The van der Waals surface area contributed by atoms with Gasteiger partial charge in [-0.1, -0.05) is 78.9 Å². The SMILES string of the molecule is CC1=C(c2ccccc2)NN(c2ccccc2C)C1c1ccccc1. The summed E-state index contributed by atoms with van der Waals surface area (Å²) in [6.45, 7) is 4.39. The molecule has 0 amide bonds. The molecular formula is C23H22N2. The fourth-order valence-electron chi connectivity index (χ4n) is 3.57. The maximum Gasteiger partial charge on any atom is 0.0985 e. The third-order valence-electron chi connectivity index (χ3n) is 4.85. The summed E-state index contributed by atoms with van der Waals surface area (Å²) < 4.78 is 0. The Kier molecular flexibility index (Phi) is 4.02. The number of hydrogen-bond donors (Lipinski definition) is 1. The maximum atomic E-state index is 3.68. The van der Waals surface area contributed by atoms with Crippen molar-refractivity contribution < 1.29 is 0 Å². The first kappa shape index (κ1) is 15.5. The van der Waals surface area contributed by atoms with Gasteiger partial charge in [0.15, 0.2) is 0 Å². The van der Waals surface area contributed by atoms with E-state index < -0.39 is 0 Å². The molecule has 1 atom stereocenters. The van der Waals surface area contributed by atoms with Crippen LogP contribution >= 0.6 is 0 Å².